The molecule has 3 rings (SSSR count). The third kappa shape index (κ3) is 2.58. The number of thiophene rings is 1. The zero-order chi connectivity index (χ0) is 13.1. The monoisotopic (exact) mass is 269 g/mol. The van der Waals surface area contributed by atoms with Gasteiger partial charge in [-0.25, -0.2) is 9.97 Å². The first kappa shape index (κ1) is 12.1. The predicted octanol–water partition coefficient (Wildman–Crippen LogP) is 3.91. The standard InChI is InChI=1S/C15H15N3S/c1-11(12-5-3-2-4-6-12)9-16-15-14-13(7-8-19-14)17-10-18-15/h2-8,10-11H,9H2,1H3,(H,16,17,18). The van der Waals surface area contributed by atoms with Gasteiger partial charge in [0.05, 0.1) is 10.2 Å². The van der Waals surface area contributed by atoms with E-state index in [1.54, 1.807) is 17.7 Å². The molecule has 19 heavy (non-hydrogen) atoms. The molecule has 96 valence electrons. The largest absolute Gasteiger partial charge is 0.368 e. The average molecular weight is 269 g/mol. The van der Waals surface area contributed by atoms with Crippen LogP contribution in [0.4, 0.5) is 5.82 Å². The Bertz CT molecular complexity index is 663. The zero-order valence-corrected chi connectivity index (χ0v) is 11.5. The van der Waals surface area contributed by atoms with Crippen molar-refractivity contribution in [1.29, 1.82) is 0 Å². The summed E-state index contributed by atoms with van der Waals surface area (Å²) in [4.78, 5) is 8.58. The van der Waals surface area contributed by atoms with Gasteiger partial charge in [0.15, 0.2) is 0 Å². The van der Waals surface area contributed by atoms with Gasteiger partial charge in [-0.1, -0.05) is 37.3 Å². The Morgan fingerprint density at radius 2 is 2.00 bits per heavy atom. The zero-order valence-electron chi connectivity index (χ0n) is 10.7. The Hall–Kier alpha value is -1.94. The number of benzene rings is 1. The molecule has 0 aliphatic carbocycles. The van der Waals surface area contributed by atoms with Gasteiger partial charge in [0.2, 0.25) is 0 Å². The van der Waals surface area contributed by atoms with Gasteiger partial charge in [-0.05, 0) is 22.9 Å². The molecule has 0 spiro atoms. The van der Waals surface area contributed by atoms with Crippen LogP contribution in [0.1, 0.15) is 18.4 Å². The number of aromatic nitrogens is 2. The van der Waals surface area contributed by atoms with Crippen LogP contribution in [0.25, 0.3) is 10.2 Å². The summed E-state index contributed by atoms with van der Waals surface area (Å²) in [6, 6.07) is 12.5. The molecule has 0 amide bonds. The Kier molecular flexibility index (Phi) is 3.42. The van der Waals surface area contributed by atoms with Gasteiger partial charge in [0.1, 0.15) is 12.1 Å². The van der Waals surface area contributed by atoms with Crippen LogP contribution in [-0.2, 0) is 0 Å². The van der Waals surface area contributed by atoms with Crippen LogP contribution in [0.15, 0.2) is 48.1 Å². The molecule has 3 aromatic rings. The van der Waals surface area contributed by atoms with Crippen LogP contribution >= 0.6 is 11.3 Å². The van der Waals surface area contributed by atoms with E-state index < -0.39 is 0 Å². The summed E-state index contributed by atoms with van der Waals surface area (Å²) in [7, 11) is 0. The molecular weight excluding hydrogens is 254 g/mol. The molecule has 0 bridgehead atoms. The molecule has 2 aromatic heterocycles. The van der Waals surface area contributed by atoms with Crippen molar-refractivity contribution in [3.63, 3.8) is 0 Å². The highest BCUT2D eigenvalue weighted by molar-refractivity contribution is 7.17. The van der Waals surface area contributed by atoms with Crippen molar-refractivity contribution in [3.05, 3.63) is 53.7 Å². The molecule has 0 fully saturated rings. The quantitative estimate of drug-likeness (QED) is 0.780. The van der Waals surface area contributed by atoms with E-state index in [9.17, 15) is 0 Å². The van der Waals surface area contributed by atoms with Crippen LogP contribution in [0.2, 0.25) is 0 Å². The third-order valence-corrected chi connectivity index (χ3v) is 4.10. The molecular formula is C15H15N3S. The second kappa shape index (κ2) is 5.36. The molecule has 4 heteroatoms. The number of hydrogen-bond donors (Lipinski definition) is 1. The third-order valence-electron chi connectivity index (χ3n) is 3.19. The maximum atomic E-state index is 4.33. The van der Waals surface area contributed by atoms with Crippen LogP contribution in [0, 0.1) is 0 Å². The van der Waals surface area contributed by atoms with E-state index in [0.29, 0.717) is 5.92 Å². The van der Waals surface area contributed by atoms with E-state index in [0.717, 1.165) is 22.6 Å². The summed E-state index contributed by atoms with van der Waals surface area (Å²) in [5, 5.41) is 5.48. The van der Waals surface area contributed by atoms with Crippen molar-refractivity contribution in [2.24, 2.45) is 0 Å². The average Bonchev–Trinajstić information content (AvgIpc) is 2.94. The fraction of sp³-hybridized carbons (Fsp3) is 0.200. The van der Waals surface area contributed by atoms with Crippen molar-refractivity contribution >= 4 is 27.4 Å². The first-order valence-electron chi connectivity index (χ1n) is 6.31. The number of hydrogen-bond acceptors (Lipinski definition) is 4. The fourth-order valence-corrected chi connectivity index (χ4v) is 2.87. The summed E-state index contributed by atoms with van der Waals surface area (Å²) >= 11 is 1.67. The highest BCUT2D eigenvalue weighted by Crippen LogP contribution is 2.25. The van der Waals surface area contributed by atoms with Gasteiger partial charge >= 0.3 is 0 Å². The lowest BCUT2D eigenvalue weighted by atomic mass is 10.0. The van der Waals surface area contributed by atoms with Crippen molar-refractivity contribution in [1.82, 2.24) is 9.97 Å². The highest BCUT2D eigenvalue weighted by Gasteiger charge is 2.08. The number of nitrogens with one attached hydrogen (secondary N) is 1. The minimum atomic E-state index is 0.450. The van der Waals surface area contributed by atoms with E-state index in [1.165, 1.54) is 5.56 Å². The van der Waals surface area contributed by atoms with Crippen molar-refractivity contribution in [3.8, 4) is 0 Å². The second-order valence-electron chi connectivity index (χ2n) is 4.55. The Labute approximate surface area is 116 Å². The Balaban J connectivity index is 1.74. The predicted molar refractivity (Wildman–Crippen MR) is 80.8 cm³/mol. The molecule has 0 aliphatic rings. The number of anilines is 1. The lowest BCUT2D eigenvalue weighted by Gasteiger charge is -2.13. The Morgan fingerprint density at radius 3 is 2.84 bits per heavy atom. The summed E-state index contributed by atoms with van der Waals surface area (Å²) in [5.41, 5.74) is 2.35. The number of nitrogens with zero attached hydrogens (tertiary/aromatic N) is 2. The van der Waals surface area contributed by atoms with Gasteiger partial charge in [-0.2, -0.15) is 0 Å². The molecule has 1 atom stereocenters. The minimum absolute atomic E-state index is 0.450. The van der Waals surface area contributed by atoms with E-state index >= 15 is 0 Å². The molecule has 0 aliphatic heterocycles. The van der Waals surface area contributed by atoms with E-state index in [2.05, 4.69) is 46.5 Å². The van der Waals surface area contributed by atoms with Gasteiger partial charge in [0.25, 0.3) is 0 Å². The summed E-state index contributed by atoms with van der Waals surface area (Å²) in [5.74, 6) is 1.38. The molecule has 1 unspecified atom stereocenters. The number of fused-ring (bicyclic) bond motifs is 1. The molecule has 0 saturated carbocycles. The molecule has 2 heterocycles. The van der Waals surface area contributed by atoms with Crippen LogP contribution in [-0.4, -0.2) is 16.5 Å². The van der Waals surface area contributed by atoms with Gasteiger partial charge in [-0.3, -0.25) is 0 Å². The first-order chi connectivity index (χ1) is 9.34. The fourth-order valence-electron chi connectivity index (χ4n) is 2.06. The normalized spacial score (nSPS) is 12.5. The van der Waals surface area contributed by atoms with Crippen LogP contribution in [0.3, 0.4) is 0 Å². The van der Waals surface area contributed by atoms with Crippen molar-refractivity contribution in [2.45, 2.75) is 12.8 Å². The number of rotatable bonds is 4. The lowest BCUT2D eigenvalue weighted by molar-refractivity contribution is 0.802. The molecule has 1 aromatic carbocycles. The van der Waals surface area contributed by atoms with Crippen LogP contribution in [0.5, 0.6) is 0 Å². The van der Waals surface area contributed by atoms with E-state index in [4.69, 9.17) is 0 Å². The summed E-state index contributed by atoms with van der Waals surface area (Å²) in [6.07, 6.45) is 1.62. The molecule has 1 N–H and O–H groups in total. The van der Waals surface area contributed by atoms with Gasteiger partial charge < -0.3 is 5.32 Å². The second-order valence-corrected chi connectivity index (χ2v) is 5.47. The van der Waals surface area contributed by atoms with Crippen molar-refractivity contribution < 1.29 is 0 Å². The molecule has 3 nitrogen and oxygen atoms in total. The lowest BCUT2D eigenvalue weighted by Crippen LogP contribution is -2.10. The van der Waals surface area contributed by atoms with Gasteiger partial charge in [0, 0.05) is 6.54 Å². The Morgan fingerprint density at radius 1 is 1.16 bits per heavy atom. The summed E-state index contributed by atoms with van der Waals surface area (Å²) < 4.78 is 1.13. The van der Waals surface area contributed by atoms with Gasteiger partial charge in [-0.15, -0.1) is 11.3 Å². The van der Waals surface area contributed by atoms with Crippen molar-refractivity contribution in [2.75, 3.05) is 11.9 Å². The first-order valence-corrected chi connectivity index (χ1v) is 7.19. The molecule has 0 saturated heterocycles. The van der Waals surface area contributed by atoms with E-state index in [-0.39, 0.29) is 0 Å². The maximum Gasteiger partial charge on any atom is 0.147 e. The SMILES string of the molecule is CC(CNc1ncnc2ccsc12)c1ccccc1. The highest BCUT2D eigenvalue weighted by atomic mass is 32.1. The minimum Gasteiger partial charge on any atom is -0.368 e. The molecule has 0 radical (unpaired) electrons. The maximum absolute atomic E-state index is 4.33. The topological polar surface area (TPSA) is 37.8 Å². The van der Waals surface area contributed by atoms with E-state index in [1.807, 2.05) is 17.5 Å². The van der Waals surface area contributed by atoms with Crippen LogP contribution < -0.4 is 5.32 Å². The smallest absolute Gasteiger partial charge is 0.147 e. The summed E-state index contributed by atoms with van der Waals surface area (Å²) in [6.45, 7) is 3.09.